The molecule has 3 N–H and O–H groups in total. The SMILES string of the molecule is CCCCN(CCO)C(=O)c1cc(N)cnc1Cl. The molecule has 0 atom stereocenters. The summed E-state index contributed by atoms with van der Waals surface area (Å²) in [5.41, 5.74) is 6.27. The van der Waals surface area contributed by atoms with E-state index in [1.165, 1.54) is 12.3 Å². The Morgan fingerprint density at radius 2 is 2.28 bits per heavy atom. The van der Waals surface area contributed by atoms with Crippen molar-refractivity contribution in [2.45, 2.75) is 19.8 Å². The lowest BCUT2D eigenvalue weighted by atomic mass is 10.2. The van der Waals surface area contributed by atoms with Crippen molar-refractivity contribution >= 4 is 23.2 Å². The molecule has 1 aromatic heterocycles. The summed E-state index contributed by atoms with van der Waals surface area (Å²) < 4.78 is 0. The summed E-state index contributed by atoms with van der Waals surface area (Å²) in [5, 5.41) is 9.12. The zero-order valence-electron chi connectivity index (χ0n) is 10.4. The summed E-state index contributed by atoms with van der Waals surface area (Å²) in [4.78, 5) is 17.7. The molecule has 0 saturated heterocycles. The van der Waals surface area contributed by atoms with Gasteiger partial charge in [-0.2, -0.15) is 0 Å². The molecule has 1 rings (SSSR count). The van der Waals surface area contributed by atoms with Gasteiger partial charge in [-0.1, -0.05) is 24.9 Å². The lowest BCUT2D eigenvalue weighted by molar-refractivity contribution is 0.0719. The highest BCUT2D eigenvalue weighted by molar-refractivity contribution is 6.32. The van der Waals surface area contributed by atoms with Crippen molar-refractivity contribution in [3.63, 3.8) is 0 Å². The second-order valence-electron chi connectivity index (χ2n) is 3.98. The molecule has 0 spiro atoms. The van der Waals surface area contributed by atoms with E-state index >= 15 is 0 Å². The van der Waals surface area contributed by atoms with Crippen LogP contribution < -0.4 is 5.73 Å². The van der Waals surface area contributed by atoms with Crippen LogP contribution in [0.3, 0.4) is 0 Å². The lowest BCUT2D eigenvalue weighted by Gasteiger charge is -2.22. The van der Waals surface area contributed by atoms with E-state index in [4.69, 9.17) is 22.4 Å². The van der Waals surface area contributed by atoms with Crippen LogP contribution in [-0.2, 0) is 0 Å². The predicted molar refractivity (Wildman–Crippen MR) is 71.6 cm³/mol. The highest BCUT2D eigenvalue weighted by Gasteiger charge is 2.18. The molecule has 0 radical (unpaired) electrons. The first kappa shape index (κ1) is 14.7. The zero-order chi connectivity index (χ0) is 13.5. The van der Waals surface area contributed by atoms with Crippen LogP contribution in [0.4, 0.5) is 5.69 Å². The number of aliphatic hydroxyl groups excluding tert-OH is 1. The number of aliphatic hydroxyl groups is 1. The van der Waals surface area contributed by atoms with Crippen LogP contribution >= 0.6 is 11.6 Å². The number of halogens is 1. The quantitative estimate of drug-likeness (QED) is 0.770. The first-order valence-corrected chi connectivity index (χ1v) is 6.29. The normalized spacial score (nSPS) is 10.4. The fourth-order valence-corrected chi connectivity index (χ4v) is 1.75. The molecule has 0 aliphatic heterocycles. The number of hydrogen-bond acceptors (Lipinski definition) is 4. The molecular formula is C12H18ClN3O2. The third kappa shape index (κ3) is 3.85. The number of anilines is 1. The van der Waals surface area contributed by atoms with Gasteiger partial charge in [0.1, 0.15) is 5.15 Å². The smallest absolute Gasteiger partial charge is 0.257 e. The van der Waals surface area contributed by atoms with Crippen molar-refractivity contribution in [2.75, 3.05) is 25.4 Å². The van der Waals surface area contributed by atoms with Crippen molar-refractivity contribution in [1.82, 2.24) is 9.88 Å². The standard InChI is InChI=1S/C12H18ClN3O2/c1-2-3-4-16(5-6-17)12(18)10-7-9(14)8-15-11(10)13/h7-8,17H,2-6,14H2,1H3. The molecule has 0 unspecified atom stereocenters. The van der Waals surface area contributed by atoms with Gasteiger partial charge in [0.25, 0.3) is 5.91 Å². The van der Waals surface area contributed by atoms with Crippen molar-refractivity contribution in [3.05, 3.63) is 23.0 Å². The number of unbranched alkanes of at least 4 members (excludes halogenated alkanes) is 1. The Kier molecular flexibility index (Phi) is 5.88. The number of carbonyl (C=O) groups is 1. The minimum Gasteiger partial charge on any atom is -0.397 e. The molecule has 0 fully saturated rings. The molecule has 0 saturated carbocycles. The Hall–Kier alpha value is -1.33. The fraction of sp³-hybridized carbons (Fsp3) is 0.500. The van der Waals surface area contributed by atoms with Crippen molar-refractivity contribution in [1.29, 1.82) is 0 Å². The van der Waals surface area contributed by atoms with Crippen LogP contribution in [0, 0.1) is 0 Å². The summed E-state index contributed by atoms with van der Waals surface area (Å²) in [6.07, 6.45) is 3.25. The Morgan fingerprint density at radius 3 is 2.89 bits per heavy atom. The third-order valence-corrected chi connectivity index (χ3v) is 2.83. The van der Waals surface area contributed by atoms with E-state index in [0.29, 0.717) is 12.2 Å². The number of aromatic nitrogens is 1. The van der Waals surface area contributed by atoms with Gasteiger partial charge in [-0.3, -0.25) is 4.79 Å². The monoisotopic (exact) mass is 271 g/mol. The largest absolute Gasteiger partial charge is 0.397 e. The van der Waals surface area contributed by atoms with E-state index in [1.54, 1.807) is 4.90 Å². The van der Waals surface area contributed by atoms with Gasteiger partial charge >= 0.3 is 0 Å². The highest BCUT2D eigenvalue weighted by Crippen LogP contribution is 2.18. The van der Waals surface area contributed by atoms with E-state index in [9.17, 15) is 4.79 Å². The molecule has 1 heterocycles. The van der Waals surface area contributed by atoms with E-state index in [-0.39, 0.29) is 29.8 Å². The summed E-state index contributed by atoms with van der Waals surface area (Å²) in [6, 6.07) is 1.51. The molecule has 1 amide bonds. The van der Waals surface area contributed by atoms with Crippen LogP contribution in [0.2, 0.25) is 5.15 Å². The average molecular weight is 272 g/mol. The van der Waals surface area contributed by atoms with Gasteiger partial charge in [0.15, 0.2) is 0 Å². The maximum Gasteiger partial charge on any atom is 0.257 e. The molecule has 1 aromatic rings. The van der Waals surface area contributed by atoms with Crippen molar-refractivity contribution < 1.29 is 9.90 Å². The number of carbonyl (C=O) groups excluding carboxylic acids is 1. The fourth-order valence-electron chi connectivity index (χ4n) is 1.57. The number of nitrogens with zero attached hydrogens (tertiary/aromatic N) is 2. The van der Waals surface area contributed by atoms with Gasteiger partial charge in [-0.25, -0.2) is 4.98 Å². The van der Waals surface area contributed by atoms with E-state index in [1.807, 2.05) is 6.92 Å². The van der Waals surface area contributed by atoms with Crippen LogP contribution in [0.5, 0.6) is 0 Å². The number of pyridine rings is 1. The number of amides is 1. The number of nitrogen functional groups attached to an aromatic ring is 1. The highest BCUT2D eigenvalue weighted by atomic mass is 35.5. The first-order valence-electron chi connectivity index (χ1n) is 5.91. The van der Waals surface area contributed by atoms with Gasteiger partial charge in [0.05, 0.1) is 24.1 Å². The minimum absolute atomic E-state index is 0.0805. The Labute approximate surface area is 112 Å². The van der Waals surface area contributed by atoms with Gasteiger partial charge in [-0.05, 0) is 12.5 Å². The molecule has 0 aliphatic carbocycles. The molecule has 18 heavy (non-hydrogen) atoms. The molecule has 0 aromatic carbocycles. The molecule has 6 heteroatoms. The minimum atomic E-state index is -0.248. The number of hydrogen-bond donors (Lipinski definition) is 2. The van der Waals surface area contributed by atoms with E-state index in [0.717, 1.165) is 12.8 Å². The predicted octanol–water partition coefficient (Wildman–Crippen LogP) is 1.55. The summed E-state index contributed by atoms with van der Waals surface area (Å²) in [6.45, 7) is 2.82. The number of rotatable bonds is 6. The lowest BCUT2D eigenvalue weighted by Crippen LogP contribution is -2.34. The van der Waals surface area contributed by atoms with Crippen LogP contribution in [0.25, 0.3) is 0 Å². The summed E-state index contributed by atoms with van der Waals surface area (Å²) in [7, 11) is 0. The molecular weight excluding hydrogens is 254 g/mol. The van der Waals surface area contributed by atoms with Gasteiger partial charge in [0, 0.05) is 13.1 Å². The van der Waals surface area contributed by atoms with E-state index in [2.05, 4.69) is 4.98 Å². The molecule has 0 aliphatic rings. The Morgan fingerprint density at radius 1 is 1.56 bits per heavy atom. The van der Waals surface area contributed by atoms with Crippen LogP contribution in [0.1, 0.15) is 30.1 Å². The third-order valence-electron chi connectivity index (χ3n) is 2.53. The van der Waals surface area contributed by atoms with Gasteiger partial charge < -0.3 is 15.7 Å². The molecule has 100 valence electrons. The maximum absolute atomic E-state index is 12.2. The van der Waals surface area contributed by atoms with Gasteiger partial charge in [0.2, 0.25) is 0 Å². The second-order valence-corrected chi connectivity index (χ2v) is 4.33. The Bertz CT molecular complexity index is 412. The van der Waals surface area contributed by atoms with Crippen molar-refractivity contribution in [3.8, 4) is 0 Å². The number of nitrogens with two attached hydrogens (primary N) is 1. The molecule has 0 bridgehead atoms. The van der Waals surface area contributed by atoms with Crippen LogP contribution in [0.15, 0.2) is 12.3 Å². The maximum atomic E-state index is 12.2. The van der Waals surface area contributed by atoms with E-state index < -0.39 is 0 Å². The average Bonchev–Trinajstić information content (AvgIpc) is 2.36. The topological polar surface area (TPSA) is 79.5 Å². The summed E-state index contributed by atoms with van der Waals surface area (Å²) in [5.74, 6) is -0.248. The van der Waals surface area contributed by atoms with Crippen LogP contribution in [-0.4, -0.2) is 40.6 Å². The summed E-state index contributed by atoms with van der Waals surface area (Å²) >= 11 is 5.89. The zero-order valence-corrected chi connectivity index (χ0v) is 11.2. The van der Waals surface area contributed by atoms with Crippen molar-refractivity contribution in [2.24, 2.45) is 0 Å². The van der Waals surface area contributed by atoms with Gasteiger partial charge in [-0.15, -0.1) is 0 Å². The second kappa shape index (κ2) is 7.18. The molecule has 5 nitrogen and oxygen atoms in total. The first-order chi connectivity index (χ1) is 8.60. The Balaban J connectivity index is 2.90.